The van der Waals surface area contributed by atoms with Crippen molar-refractivity contribution in [2.24, 2.45) is 5.73 Å². The molecule has 0 radical (unpaired) electrons. The fraction of sp³-hybridized carbons (Fsp3) is 0.462. The molecule has 1 aromatic carbocycles. The van der Waals surface area contributed by atoms with Crippen molar-refractivity contribution in [1.82, 2.24) is 9.44 Å². The Morgan fingerprint density at radius 2 is 1.83 bits per heavy atom. The maximum atomic E-state index is 12.2. The lowest BCUT2D eigenvalue weighted by molar-refractivity contribution is -0.120. The van der Waals surface area contributed by atoms with Gasteiger partial charge >= 0.3 is 0 Å². The number of sulfonamides is 2. The first-order chi connectivity index (χ1) is 10.9. The van der Waals surface area contributed by atoms with Crippen molar-refractivity contribution in [1.29, 1.82) is 0 Å². The SMILES string of the molecule is CC(C)(NS(C)(=O)=O)C(=O)Nc1cccc(S(=O)(=O)NCCN)c1. The summed E-state index contributed by atoms with van der Waals surface area (Å²) in [5.41, 5.74) is 4.09. The molecule has 0 unspecified atom stereocenters. The van der Waals surface area contributed by atoms with Crippen LogP contribution in [0.3, 0.4) is 0 Å². The predicted molar refractivity (Wildman–Crippen MR) is 91.4 cm³/mol. The average Bonchev–Trinajstić information content (AvgIpc) is 2.43. The van der Waals surface area contributed by atoms with Crippen LogP contribution in [0.1, 0.15) is 13.8 Å². The van der Waals surface area contributed by atoms with Gasteiger partial charge in [-0.25, -0.2) is 26.3 Å². The molecule has 0 fully saturated rings. The molecule has 136 valence electrons. The first-order valence-electron chi connectivity index (χ1n) is 6.97. The second kappa shape index (κ2) is 7.57. The summed E-state index contributed by atoms with van der Waals surface area (Å²) in [5, 5.41) is 2.49. The minimum absolute atomic E-state index is 0.0392. The van der Waals surface area contributed by atoms with Crippen molar-refractivity contribution < 1.29 is 21.6 Å². The van der Waals surface area contributed by atoms with Crippen LogP contribution >= 0.6 is 0 Å². The Bertz CT molecular complexity index is 803. The van der Waals surface area contributed by atoms with Crippen LogP contribution in [0.2, 0.25) is 0 Å². The van der Waals surface area contributed by atoms with Crippen LogP contribution in [0.5, 0.6) is 0 Å². The molecule has 24 heavy (non-hydrogen) atoms. The van der Waals surface area contributed by atoms with Gasteiger partial charge in [-0.15, -0.1) is 0 Å². The lowest BCUT2D eigenvalue weighted by atomic mass is 10.1. The summed E-state index contributed by atoms with van der Waals surface area (Å²) in [6, 6.07) is 5.60. The number of amides is 1. The summed E-state index contributed by atoms with van der Waals surface area (Å²) in [6.45, 7) is 3.03. The van der Waals surface area contributed by atoms with E-state index in [-0.39, 0.29) is 23.7 Å². The number of nitrogens with two attached hydrogens (primary N) is 1. The monoisotopic (exact) mass is 378 g/mol. The number of anilines is 1. The van der Waals surface area contributed by atoms with E-state index in [2.05, 4.69) is 14.8 Å². The molecule has 11 heteroatoms. The van der Waals surface area contributed by atoms with E-state index in [0.717, 1.165) is 6.26 Å². The molecule has 0 aliphatic heterocycles. The van der Waals surface area contributed by atoms with Gasteiger partial charge < -0.3 is 11.1 Å². The lowest BCUT2D eigenvalue weighted by Gasteiger charge is -2.24. The first-order valence-corrected chi connectivity index (χ1v) is 10.3. The fourth-order valence-corrected chi connectivity index (χ4v) is 3.93. The van der Waals surface area contributed by atoms with Crippen LogP contribution in [0, 0.1) is 0 Å². The summed E-state index contributed by atoms with van der Waals surface area (Å²) in [4.78, 5) is 12.2. The number of hydrogen-bond donors (Lipinski definition) is 4. The quantitative estimate of drug-likeness (QED) is 0.465. The molecule has 0 aliphatic carbocycles. The Morgan fingerprint density at radius 1 is 1.21 bits per heavy atom. The summed E-state index contributed by atoms with van der Waals surface area (Å²) in [7, 11) is -7.33. The Labute approximate surface area is 142 Å². The van der Waals surface area contributed by atoms with Crippen LogP contribution in [-0.4, -0.2) is 47.6 Å². The van der Waals surface area contributed by atoms with Crippen LogP contribution in [0.4, 0.5) is 5.69 Å². The molecular formula is C13H22N4O5S2. The normalized spacial score (nSPS) is 12.8. The van der Waals surface area contributed by atoms with Gasteiger partial charge in [-0.2, -0.15) is 0 Å². The second-order valence-corrected chi connectivity index (χ2v) is 9.18. The molecule has 0 heterocycles. The van der Waals surface area contributed by atoms with E-state index in [9.17, 15) is 21.6 Å². The van der Waals surface area contributed by atoms with Crippen LogP contribution in [-0.2, 0) is 24.8 Å². The summed E-state index contributed by atoms with van der Waals surface area (Å²) in [5.74, 6) is -0.627. The molecule has 0 aliphatic rings. The van der Waals surface area contributed by atoms with E-state index in [1.807, 2.05) is 0 Å². The van der Waals surface area contributed by atoms with Crippen molar-refractivity contribution in [3.63, 3.8) is 0 Å². The predicted octanol–water partition coefficient (Wildman–Crippen LogP) is -0.810. The van der Waals surface area contributed by atoms with E-state index in [1.165, 1.54) is 38.1 Å². The summed E-state index contributed by atoms with van der Waals surface area (Å²) < 4.78 is 51.2. The van der Waals surface area contributed by atoms with E-state index in [4.69, 9.17) is 5.73 Å². The van der Waals surface area contributed by atoms with Gasteiger partial charge in [0.05, 0.1) is 11.2 Å². The van der Waals surface area contributed by atoms with Crippen molar-refractivity contribution >= 4 is 31.6 Å². The third-order valence-corrected chi connectivity index (χ3v) is 5.19. The first kappa shape index (κ1) is 20.5. The number of nitrogens with one attached hydrogen (secondary N) is 3. The molecule has 1 amide bonds. The van der Waals surface area contributed by atoms with Gasteiger partial charge in [0.25, 0.3) is 0 Å². The Hall–Kier alpha value is -1.53. The fourth-order valence-electron chi connectivity index (χ4n) is 1.81. The molecule has 0 saturated carbocycles. The van der Waals surface area contributed by atoms with Gasteiger partial charge in [0.2, 0.25) is 26.0 Å². The van der Waals surface area contributed by atoms with Gasteiger partial charge in [-0.05, 0) is 32.0 Å². The van der Waals surface area contributed by atoms with Crippen molar-refractivity contribution in [2.45, 2.75) is 24.3 Å². The van der Waals surface area contributed by atoms with Crippen molar-refractivity contribution in [3.8, 4) is 0 Å². The molecule has 0 spiro atoms. The molecule has 1 rings (SSSR count). The zero-order chi connectivity index (χ0) is 18.6. The highest BCUT2D eigenvalue weighted by atomic mass is 32.2. The zero-order valence-corrected chi connectivity index (χ0v) is 15.3. The number of rotatable bonds is 8. The summed E-state index contributed by atoms with van der Waals surface area (Å²) >= 11 is 0. The van der Waals surface area contributed by atoms with Gasteiger partial charge in [-0.3, -0.25) is 4.79 Å². The molecule has 0 saturated heterocycles. The molecule has 9 nitrogen and oxygen atoms in total. The van der Waals surface area contributed by atoms with Crippen molar-refractivity contribution in [3.05, 3.63) is 24.3 Å². The largest absolute Gasteiger partial charge is 0.329 e. The maximum absolute atomic E-state index is 12.2. The van der Waals surface area contributed by atoms with Crippen LogP contribution in [0.15, 0.2) is 29.2 Å². The van der Waals surface area contributed by atoms with Gasteiger partial charge in [-0.1, -0.05) is 6.07 Å². The summed E-state index contributed by atoms with van der Waals surface area (Å²) in [6.07, 6.45) is 0.943. The topological polar surface area (TPSA) is 147 Å². The Kier molecular flexibility index (Phi) is 6.47. The number of carbonyl (C=O) groups excluding carboxylic acids is 1. The van der Waals surface area contributed by atoms with E-state index in [0.29, 0.717) is 0 Å². The third-order valence-electron chi connectivity index (χ3n) is 2.85. The minimum Gasteiger partial charge on any atom is -0.329 e. The zero-order valence-electron chi connectivity index (χ0n) is 13.7. The lowest BCUT2D eigenvalue weighted by Crippen LogP contribution is -2.51. The Morgan fingerprint density at radius 3 is 2.38 bits per heavy atom. The van der Waals surface area contributed by atoms with Crippen LogP contribution < -0.4 is 20.5 Å². The number of benzene rings is 1. The van der Waals surface area contributed by atoms with Crippen LogP contribution in [0.25, 0.3) is 0 Å². The molecule has 1 aromatic rings. The molecular weight excluding hydrogens is 356 g/mol. The molecule has 5 N–H and O–H groups in total. The highest BCUT2D eigenvalue weighted by Crippen LogP contribution is 2.17. The highest BCUT2D eigenvalue weighted by Gasteiger charge is 2.31. The second-order valence-electron chi connectivity index (χ2n) is 5.67. The van der Waals surface area contributed by atoms with E-state index < -0.39 is 31.5 Å². The number of hydrogen-bond acceptors (Lipinski definition) is 6. The smallest absolute Gasteiger partial charge is 0.245 e. The van der Waals surface area contributed by atoms with Gasteiger partial charge in [0, 0.05) is 18.8 Å². The average molecular weight is 378 g/mol. The van der Waals surface area contributed by atoms with Gasteiger partial charge in [0.15, 0.2) is 0 Å². The standard InChI is InChI=1S/C13H22N4O5S2/c1-13(2,17-23(3,19)20)12(18)16-10-5-4-6-11(9-10)24(21,22)15-8-7-14/h4-6,9,15,17H,7-8,14H2,1-3H3,(H,16,18). The van der Waals surface area contributed by atoms with E-state index >= 15 is 0 Å². The Balaban J connectivity index is 2.97. The molecule has 0 aromatic heterocycles. The highest BCUT2D eigenvalue weighted by molar-refractivity contribution is 7.89. The number of carbonyl (C=O) groups is 1. The third kappa shape index (κ3) is 6.17. The minimum atomic E-state index is -3.74. The van der Waals surface area contributed by atoms with Crippen molar-refractivity contribution in [2.75, 3.05) is 24.7 Å². The van der Waals surface area contributed by atoms with E-state index in [1.54, 1.807) is 0 Å². The molecule has 0 atom stereocenters. The molecule has 0 bridgehead atoms. The maximum Gasteiger partial charge on any atom is 0.245 e. The van der Waals surface area contributed by atoms with Gasteiger partial charge in [0.1, 0.15) is 5.54 Å².